The maximum absolute atomic E-state index is 12.4. The Labute approximate surface area is 165 Å². The average Bonchev–Trinajstić information content (AvgIpc) is 3.11. The van der Waals surface area contributed by atoms with Crippen LogP contribution in [0.25, 0.3) is 0 Å². The highest BCUT2D eigenvalue weighted by atomic mass is 32.1. The number of methoxy groups -OCH3 is 1. The first-order valence-corrected chi connectivity index (χ1v) is 10.2. The second kappa shape index (κ2) is 7.13. The van der Waals surface area contributed by atoms with Gasteiger partial charge < -0.3 is 14.8 Å². The van der Waals surface area contributed by atoms with Gasteiger partial charge in [0, 0.05) is 24.5 Å². The lowest BCUT2D eigenvalue weighted by atomic mass is 9.65. The molecule has 3 aliphatic rings. The van der Waals surface area contributed by atoms with Crippen LogP contribution < -0.4 is 10.1 Å². The van der Waals surface area contributed by atoms with Crippen LogP contribution in [0.15, 0.2) is 23.2 Å². The number of hydrogen-bond donors (Lipinski definition) is 1. The fraction of sp³-hybridized carbons (Fsp3) is 0.619. The van der Waals surface area contributed by atoms with Crippen LogP contribution in [0.2, 0.25) is 0 Å². The molecule has 4 rings (SSSR count). The Hall–Kier alpha value is -1.53. The topological polar surface area (TPSA) is 42.9 Å². The van der Waals surface area contributed by atoms with Crippen LogP contribution in [-0.2, 0) is 16.8 Å². The molecule has 1 aliphatic heterocycles. The SMILES string of the molecule is COC1CCC2(CC1)Cc1ccc(OCCCF)cc1C21N=C(C)C(=S)N1. The first-order chi connectivity index (χ1) is 13.0. The molecule has 0 radical (unpaired) electrons. The van der Waals surface area contributed by atoms with E-state index in [1.807, 2.05) is 13.0 Å². The number of benzene rings is 1. The average molecular weight is 391 g/mol. The van der Waals surface area contributed by atoms with Crippen molar-refractivity contribution >= 4 is 22.9 Å². The summed E-state index contributed by atoms with van der Waals surface area (Å²) < 4.78 is 23.8. The van der Waals surface area contributed by atoms with Crippen LogP contribution in [0.4, 0.5) is 4.39 Å². The molecule has 1 heterocycles. The van der Waals surface area contributed by atoms with Crippen molar-refractivity contribution in [3.8, 4) is 5.75 Å². The molecule has 146 valence electrons. The summed E-state index contributed by atoms with van der Waals surface area (Å²) in [7, 11) is 1.80. The molecule has 6 heteroatoms. The van der Waals surface area contributed by atoms with Crippen LogP contribution in [0.3, 0.4) is 0 Å². The second-order valence-corrected chi connectivity index (χ2v) is 8.37. The molecule has 2 aliphatic carbocycles. The molecule has 2 spiro atoms. The zero-order valence-corrected chi connectivity index (χ0v) is 16.8. The maximum Gasteiger partial charge on any atom is 0.163 e. The Balaban J connectivity index is 1.72. The predicted molar refractivity (Wildman–Crippen MR) is 108 cm³/mol. The summed E-state index contributed by atoms with van der Waals surface area (Å²) in [6.45, 7) is 2.01. The minimum Gasteiger partial charge on any atom is -0.493 e. The van der Waals surface area contributed by atoms with E-state index in [-0.39, 0.29) is 12.1 Å². The number of fused-ring (bicyclic) bond motifs is 3. The molecule has 0 amide bonds. The Morgan fingerprint density at radius 3 is 2.74 bits per heavy atom. The molecule has 27 heavy (non-hydrogen) atoms. The summed E-state index contributed by atoms with van der Waals surface area (Å²) in [4.78, 5) is 5.85. The number of rotatable bonds is 5. The molecule has 1 N–H and O–H groups in total. The molecule has 1 fully saturated rings. The molecule has 0 saturated heterocycles. The monoisotopic (exact) mass is 390 g/mol. The molecular formula is C21H27FN2O2S. The summed E-state index contributed by atoms with van der Waals surface area (Å²) in [5, 5.41) is 3.59. The largest absolute Gasteiger partial charge is 0.493 e. The lowest BCUT2D eigenvalue weighted by Crippen LogP contribution is -2.52. The molecule has 1 aromatic carbocycles. The number of halogens is 1. The van der Waals surface area contributed by atoms with Crippen molar-refractivity contribution < 1.29 is 13.9 Å². The van der Waals surface area contributed by atoms with Crippen molar-refractivity contribution in [2.75, 3.05) is 20.4 Å². The predicted octanol–water partition coefficient (Wildman–Crippen LogP) is 4.10. The maximum atomic E-state index is 12.4. The van der Waals surface area contributed by atoms with Gasteiger partial charge in [0.25, 0.3) is 0 Å². The summed E-state index contributed by atoms with van der Waals surface area (Å²) in [5.41, 5.74) is 2.86. The zero-order valence-electron chi connectivity index (χ0n) is 16.0. The van der Waals surface area contributed by atoms with Gasteiger partial charge in [-0.05, 0) is 56.7 Å². The van der Waals surface area contributed by atoms with Gasteiger partial charge >= 0.3 is 0 Å². The van der Waals surface area contributed by atoms with Crippen molar-refractivity contribution in [1.29, 1.82) is 0 Å². The highest BCUT2D eigenvalue weighted by Crippen LogP contribution is 2.60. The Morgan fingerprint density at radius 2 is 2.11 bits per heavy atom. The van der Waals surface area contributed by atoms with E-state index in [0.717, 1.165) is 54.1 Å². The highest BCUT2D eigenvalue weighted by molar-refractivity contribution is 7.82. The quantitative estimate of drug-likeness (QED) is 0.607. The van der Waals surface area contributed by atoms with Crippen molar-refractivity contribution in [2.24, 2.45) is 10.4 Å². The Bertz CT molecular complexity index is 773. The number of nitrogens with one attached hydrogen (secondary N) is 1. The van der Waals surface area contributed by atoms with Gasteiger partial charge in [-0.15, -0.1) is 0 Å². The van der Waals surface area contributed by atoms with E-state index in [9.17, 15) is 4.39 Å². The second-order valence-electron chi connectivity index (χ2n) is 7.96. The molecule has 1 atom stereocenters. The van der Waals surface area contributed by atoms with Crippen LogP contribution >= 0.6 is 12.2 Å². The molecule has 1 unspecified atom stereocenters. The van der Waals surface area contributed by atoms with Gasteiger partial charge in [0.1, 0.15) is 10.7 Å². The Morgan fingerprint density at radius 1 is 1.33 bits per heavy atom. The van der Waals surface area contributed by atoms with E-state index < -0.39 is 5.66 Å². The van der Waals surface area contributed by atoms with E-state index in [2.05, 4.69) is 17.4 Å². The standard InChI is InChI=1S/C21H27FN2O2S/c1-14-19(27)24-21(23-14)18-12-17(26-11-3-10-22)5-4-15(18)13-20(21)8-6-16(25-2)7-9-20/h4-5,12,16H,3,6-11,13H2,1-2H3,(H,24,27). The van der Waals surface area contributed by atoms with E-state index in [4.69, 9.17) is 26.7 Å². The highest BCUT2D eigenvalue weighted by Gasteiger charge is 2.61. The van der Waals surface area contributed by atoms with Crippen molar-refractivity contribution in [1.82, 2.24) is 5.32 Å². The molecular weight excluding hydrogens is 363 g/mol. The third kappa shape index (κ3) is 2.97. The fourth-order valence-electron chi connectivity index (χ4n) is 5.04. The molecule has 1 aromatic rings. The summed E-state index contributed by atoms with van der Waals surface area (Å²) in [5.74, 6) is 0.775. The summed E-state index contributed by atoms with van der Waals surface area (Å²) in [6.07, 6.45) is 5.88. The number of hydrogen-bond acceptors (Lipinski definition) is 4. The van der Waals surface area contributed by atoms with Gasteiger partial charge in [0.05, 0.1) is 25.1 Å². The fourth-order valence-corrected chi connectivity index (χ4v) is 5.23. The molecule has 1 saturated carbocycles. The number of alkyl halides is 1. The van der Waals surface area contributed by atoms with E-state index in [0.29, 0.717) is 19.1 Å². The molecule has 4 nitrogen and oxygen atoms in total. The van der Waals surface area contributed by atoms with E-state index in [1.54, 1.807) is 7.11 Å². The van der Waals surface area contributed by atoms with Crippen molar-refractivity contribution in [2.45, 2.75) is 57.2 Å². The summed E-state index contributed by atoms with van der Waals surface area (Å²) in [6, 6.07) is 6.23. The number of aliphatic imine (C=N–C) groups is 1. The number of nitrogens with zero attached hydrogens (tertiary/aromatic N) is 1. The third-order valence-electron chi connectivity index (χ3n) is 6.50. The smallest absolute Gasteiger partial charge is 0.163 e. The first-order valence-electron chi connectivity index (χ1n) is 9.77. The minimum atomic E-state index is -0.512. The number of thiocarbonyl (C=S) groups is 1. The van der Waals surface area contributed by atoms with Crippen molar-refractivity contribution in [3.05, 3.63) is 29.3 Å². The Kier molecular flexibility index (Phi) is 4.97. The zero-order chi connectivity index (χ0) is 19.1. The van der Waals surface area contributed by atoms with E-state index in [1.165, 1.54) is 5.56 Å². The van der Waals surface area contributed by atoms with Crippen LogP contribution in [-0.4, -0.2) is 37.2 Å². The minimum absolute atomic E-state index is 0.00372. The van der Waals surface area contributed by atoms with Crippen LogP contribution in [0.1, 0.15) is 50.2 Å². The lowest BCUT2D eigenvalue weighted by molar-refractivity contribution is -0.00616. The molecule has 0 bridgehead atoms. The normalized spacial score (nSPS) is 31.9. The van der Waals surface area contributed by atoms with Gasteiger partial charge in [-0.25, -0.2) is 0 Å². The van der Waals surface area contributed by atoms with Crippen molar-refractivity contribution in [3.63, 3.8) is 0 Å². The molecule has 0 aromatic heterocycles. The number of ether oxygens (including phenoxy) is 2. The van der Waals surface area contributed by atoms with Gasteiger partial charge in [0.2, 0.25) is 0 Å². The van der Waals surface area contributed by atoms with Gasteiger partial charge in [-0.2, -0.15) is 0 Å². The van der Waals surface area contributed by atoms with Crippen LogP contribution in [0.5, 0.6) is 5.75 Å². The van der Waals surface area contributed by atoms with E-state index >= 15 is 0 Å². The van der Waals surface area contributed by atoms with Gasteiger partial charge in [-0.1, -0.05) is 18.3 Å². The van der Waals surface area contributed by atoms with Gasteiger partial charge in [0.15, 0.2) is 5.66 Å². The third-order valence-corrected chi connectivity index (χ3v) is 6.89. The summed E-state index contributed by atoms with van der Waals surface area (Å²) >= 11 is 5.56. The lowest BCUT2D eigenvalue weighted by Gasteiger charge is -2.46. The first kappa shape index (κ1) is 18.8. The van der Waals surface area contributed by atoms with Gasteiger partial charge in [-0.3, -0.25) is 9.38 Å². The van der Waals surface area contributed by atoms with Crippen LogP contribution in [0, 0.1) is 5.41 Å².